The lowest BCUT2D eigenvalue weighted by molar-refractivity contribution is -0.145. The summed E-state index contributed by atoms with van der Waals surface area (Å²) in [4.78, 5) is 29.2. The summed E-state index contributed by atoms with van der Waals surface area (Å²) in [5.41, 5.74) is -0.156. The first kappa shape index (κ1) is 13.3. The SMILES string of the molecule is CC1(C)C(=O)C2(C(=O)NCc3cccnc3)CCC1C2. The van der Waals surface area contributed by atoms with E-state index in [9.17, 15) is 9.59 Å². The number of hydrogen-bond acceptors (Lipinski definition) is 3. The Morgan fingerprint density at radius 3 is 2.90 bits per heavy atom. The molecular formula is C16H20N2O2. The van der Waals surface area contributed by atoms with Crippen molar-refractivity contribution in [2.45, 2.75) is 39.7 Å². The molecule has 2 unspecified atom stereocenters. The van der Waals surface area contributed by atoms with Crippen LogP contribution in [0.3, 0.4) is 0 Å². The highest BCUT2D eigenvalue weighted by atomic mass is 16.2. The number of pyridine rings is 1. The van der Waals surface area contributed by atoms with Gasteiger partial charge in [-0.1, -0.05) is 19.9 Å². The van der Waals surface area contributed by atoms with E-state index >= 15 is 0 Å². The van der Waals surface area contributed by atoms with Gasteiger partial charge in [0, 0.05) is 24.4 Å². The molecule has 3 rings (SSSR count). The molecule has 1 heterocycles. The molecule has 0 aliphatic heterocycles. The van der Waals surface area contributed by atoms with Gasteiger partial charge in [-0.2, -0.15) is 0 Å². The van der Waals surface area contributed by atoms with Crippen molar-refractivity contribution < 1.29 is 9.59 Å². The number of ketones is 1. The van der Waals surface area contributed by atoms with Crippen LogP contribution in [0.5, 0.6) is 0 Å². The number of carbonyl (C=O) groups is 2. The zero-order valence-electron chi connectivity index (χ0n) is 12.0. The van der Waals surface area contributed by atoms with Crippen LogP contribution in [0.15, 0.2) is 24.5 Å². The molecule has 2 bridgehead atoms. The molecule has 20 heavy (non-hydrogen) atoms. The van der Waals surface area contributed by atoms with E-state index in [4.69, 9.17) is 0 Å². The van der Waals surface area contributed by atoms with Gasteiger partial charge in [0.05, 0.1) is 0 Å². The highest BCUT2D eigenvalue weighted by molar-refractivity contribution is 6.10. The number of rotatable bonds is 3. The van der Waals surface area contributed by atoms with Crippen molar-refractivity contribution in [1.29, 1.82) is 0 Å². The average molecular weight is 272 g/mol. The lowest BCUT2D eigenvalue weighted by atomic mass is 9.70. The van der Waals surface area contributed by atoms with Crippen LogP contribution in [0.25, 0.3) is 0 Å². The van der Waals surface area contributed by atoms with E-state index in [1.54, 1.807) is 12.4 Å². The van der Waals surface area contributed by atoms with Gasteiger partial charge in [0.2, 0.25) is 5.91 Å². The molecule has 0 spiro atoms. The van der Waals surface area contributed by atoms with Gasteiger partial charge in [0.1, 0.15) is 5.41 Å². The van der Waals surface area contributed by atoms with Crippen LogP contribution in [0.4, 0.5) is 0 Å². The molecule has 1 amide bonds. The highest BCUT2D eigenvalue weighted by Gasteiger charge is 2.64. The minimum atomic E-state index is -0.767. The predicted octanol–water partition coefficient (Wildman–Crippen LogP) is 2.09. The topological polar surface area (TPSA) is 59.1 Å². The molecule has 0 radical (unpaired) electrons. The first-order chi connectivity index (χ1) is 9.47. The van der Waals surface area contributed by atoms with Crippen molar-refractivity contribution in [3.63, 3.8) is 0 Å². The third-order valence-corrected chi connectivity index (χ3v) is 5.17. The van der Waals surface area contributed by atoms with E-state index < -0.39 is 5.41 Å². The van der Waals surface area contributed by atoms with Crippen LogP contribution in [-0.2, 0) is 16.1 Å². The van der Waals surface area contributed by atoms with Crippen molar-refractivity contribution in [2.75, 3.05) is 0 Å². The smallest absolute Gasteiger partial charge is 0.233 e. The van der Waals surface area contributed by atoms with E-state index in [-0.39, 0.29) is 17.1 Å². The Bertz CT molecular complexity index is 553. The minimum Gasteiger partial charge on any atom is -0.351 e. The molecule has 4 heteroatoms. The standard InChI is InChI=1S/C16H20N2O2/c1-15(2)12-5-6-16(8-12,13(15)19)14(20)18-10-11-4-3-7-17-9-11/h3-4,7,9,12H,5-6,8,10H2,1-2H3,(H,18,20). The number of amides is 1. The number of Topliss-reactive ketones (excluding diaryl/α,β-unsaturated/α-hetero) is 1. The third kappa shape index (κ3) is 1.78. The minimum absolute atomic E-state index is 0.0978. The summed E-state index contributed by atoms with van der Waals surface area (Å²) in [5, 5.41) is 2.93. The van der Waals surface area contributed by atoms with E-state index in [1.165, 1.54) is 0 Å². The summed E-state index contributed by atoms with van der Waals surface area (Å²) in [6.07, 6.45) is 5.85. The Hall–Kier alpha value is -1.71. The van der Waals surface area contributed by atoms with Crippen molar-refractivity contribution in [3.05, 3.63) is 30.1 Å². The monoisotopic (exact) mass is 272 g/mol. The lowest BCUT2D eigenvalue weighted by Gasteiger charge is -2.32. The van der Waals surface area contributed by atoms with E-state index in [2.05, 4.69) is 10.3 Å². The van der Waals surface area contributed by atoms with Crippen LogP contribution in [0, 0.1) is 16.7 Å². The Morgan fingerprint density at radius 2 is 2.30 bits per heavy atom. The van der Waals surface area contributed by atoms with Gasteiger partial charge in [-0.15, -0.1) is 0 Å². The maximum Gasteiger partial charge on any atom is 0.233 e. The predicted molar refractivity (Wildman–Crippen MR) is 74.6 cm³/mol. The zero-order valence-corrected chi connectivity index (χ0v) is 12.0. The Balaban J connectivity index is 1.73. The number of aromatic nitrogens is 1. The van der Waals surface area contributed by atoms with Crippen molar-refractivity contribution in [2.24, 2.45) is 16.7 Å². The molecule has 2 aliphatic carbocycles. The van der Waals surface area contributed by atoms with Crippen molar-refractivity contribution in [3.8, 4) is 0 Å². The van der Waals surface area contributed by atoms with Gasteiger partial charge in [-0.25, -0.2) is 0 Å². The maximum absolute atomic E-state index is 12.6. The van der Waals surface area contributed by atoms with Gasteiger partial charge in [0.25, 0.3) is 0 Å². The highest BCUT2D eigenvalue weighted by Crippen LogP contribution is 2.60. The summed E-state index contributed by atoms with van der Waals surface area (Å²) in [6, 6.07) is 3.76. The second kappa shape index (κ2) is 4.40. The first-order valence-electron chi connectivity index (χ1n) is 7.19. The molecule has 2 aliphatic rings. The molecule has 4 nitrogen and oxygen atoms in total. The van der Waals surface area contributed by atoms with E-state index in [0.29, 0.717) is 18.9 Å². The molecule has 2 fully saturated rings. The third-order valence-electron chi connectivity index (χ3n) is 5.17. The van der Waals surface area contributed by atoms with Crippen LogP contribution >= 0.6 is 0 Å². The van der Waals surface area contributed by atoms with Crippen molar-refractivity contribution in [1.82, 2.24) is 10.3 Å². The number of hydrogen-bond donors (Lipinski definition) is 1. The van der Waals surface area contributed by atoms with Crippen LogP contribution in [0.2, 0.25) is 0 Å². The fourth-order valence-electron chi connectivity index (χ4n) is 3.83. The number of fused-ring (bicyclic) bond motifs is 2. The summed E-state index contributed by atoms with van der Waals surface area (Å²) >= 11 is 0. The lowest BCUT2D eigenvalue weighted by Crippen LogP contribution is -2.47. The molecular weight excluding hydrogens is 252 g/mol. The van der Waals surface area contributed by atoms with Crippen LogP contribution < -0.4 is 5.32 Å². The molecule has 0 saturated heterocycles. The first-order valence-corrected chi connectivity index (χ1v) is 7.19. The molecule has 1 aromatic heterocycles. The quantitative estimate of drug-likeness (QED) is 0.857. The fraction of sp³-hybridized carbons (Fsp3) is 0.562. The second-order valence-electron chi connectivity index (χ2n) is 6.62. The summed E-state index contributed by atoms with van der Waals surface area (Å²) in [5.74, 6) is 0.392. The largest absolute Gasteiger partial charge is 0.351 e. The fourth-order valence-corrected chi connectivity index (χ4v) is 3.83. The average Bonchev–Trinajstić information content (AvgIpc) is 2.98. The second-order valence-corrected chi connectivity index (χ2v) is 6.62. The molecule has 0 aromatic carbocycles. The van der Waals surface area contributed by atoms with E-state index in [0.717, 1.165) is 18.4 Å². The summed E-state index contributed by atoms with van der Waals surface area (Å²) in [7, 11) is 0. The van der Waals surface area contributed by atoms with Gasteiger partial charge in [-0.3, -0.25) is 14.6 Å². The van der Waals surface area contributed by atoms with Crippen LogP contribution in [-0.4, -0.2) is 16.7 Å². The number of nitrogens with one attached hydrogen (secondary N) is 1. The molecule has 1 aromatic rings. The van der Waals surface area contributed by atoms with Gasteiger partial charge >= 0.3 is 0 Å². The van der Waals surface area contributed by atoms with Gasteiger partial charge in [-0.05, 0) is 36.8 Å². The molecule has 2 saturated carbocycles. The molecule has 2 atom stereocenters. The normalized spacial score (nSPS) is 30.5. The maximum atomic E-state index is 12.6. The Labute approximate surface area is 119 Å². The summed E-state index contributed by atoms with van der Waals surface area (Å²) in [6.45, 7) is 4.40. The Kier molecular flexibility index (Phi) is 2.92. The van der Waals surface area contributed by atoms with Crippen molar-refractivity contribution >= 4 is 11.7 Å². The number of carbonyl (C=O) groups excluding carboxylic acids is 2. The summed E-state index contributed by atoms with van der Waals surface area (Å²) < 4.78 is 0. The Morgan fingerprint density at radius 1 is 1.50 bits per heavy atom. The van der Waals surface area contributed by atoms with E-state index in [1.807, 2.05) is 26.0 Å². The van der Waals surface area contributed by atoms with Gasteiger partial charge < -0.3 is 5.32 Å². The van der Waals surface area contributed by atoms with Gasteiger partial charge in [0.15, 0.2) is 5.78 Å². The van der Waals surface area contributed by atoms with Crippen LogP contribution in [0.1, 0.15) is 38.7 Å². The zero-order chi connectivity index (χ0) is 14.4. The molecule has 106 valence electrons. The molecule has 1 N–H and O–H groups in total. The number of nitrogens with zero attached hydrogens (tertiary/aromatic N) is 1.